The van der Waals surface area contributed by atoms with Crippen molar-refractivity contribution in [2.45, 2.75) is 13.3 Å². The average molecular weight is 316 g/mol. The molecular formula is C10H9IN2O2. The van der Waals surface area contributed by atoms with Crippen LogP contribution >= 0.6 is 22.6 Å². The molecule has 4 nitrogen and oxygen atoms in total. The third kappa shape index (κ3) is 1.71. The number of aromatic amines is 1. The minimum absolute atomic E-state index is 0.128. The lowest BCUT2D eigenvalue weighted by Gasteiger charge is -1.91. The van der Waals surface area contributed by atoms with Gasteiger partial charge in [0.25, 0.3) is 5.69 Å². The second-order valence-corrected chi connectivity index (χ2v) is 4.34. The van der Waals surface area contributed by atoms with E-state index < -0.39 is 0 Å². The first-order valence-electron chi connectivity index (χ1n) is 4.58. The quantitative estimate of drug-likeness (QED) is 0.525. The van der Waals surface area contributed by atoms with Gasteiger partial charge in [0.1, 0.15) is 0 Å². The molecule has 1 aromatic carbocycles. The highest BCUT2D eigenvalue weighted by Crippen LogP contribution is 2.27. The van der Waals surface area contributed by atoms with Crippen LogP contribution in [0.4, 0.5) is 5.69 Å². The van der Waals surface area contributed by atoms with Crippen LogP contribution in [0.5, 0.6) is 0 Å². The number of aryl methyl sites for hydroxylation is 1. The molecule has 0 saturated heterocycles. The Morgan fingerprint density at radius 1 is 1.53 bits per heavy atom. The molecule has 2 rings (SSSR count). The molecule has 1 N–H and O–H groups in total. The number of rotatable bonds is 2. The highest BCUT2D eigenvalue weighted by molar-refractivity contribution is 14.1. The Morgan fingerprint density at radius 3 is 2.87 bits per heavy atom. The van der Waals surface area contributed by atoms with Crippen LogP contribution in [0.2, 0.25) is 0 Å². The van der Waals surface area contributed by atoms with Crippen molar-refractivity contribution in [2.75, 3.05) is 0 Å². The molecule has 0 radical (unpaired) electrons. The van der Waals surface area contributed by atoms with Crippen molar-refractivity contribution in [3.8, 4) is 0 Å². The number of nitrogens with zero attached hydrogens (tertiary/aromatic N) is 1. The van der Waals surface area contributed by atoms with Crippen LogP contribution in [0.15, 0.2) is 18.2 Å². The Balaban J connectivity index is 2.68. The molecule has 15 heavy (non-hydrogen) atoms. The number of hydrogen-bond acceptors (Lipinski definition) is 2. The van der Waals surface area contributed by atoms with Crippen molar-refractivity contribution in [1.82, 2.24) is 4.98 Å². The molecule has 0 saturated carbocycles. The molecule has 2 aromatic rings. The minimum Gasteiger partial charge on any atom is -0.357 e. The molecule has 1 aromatic heterocycles. The predicted octanol–water partition coefficient (Wildman–Crippen LogP) is 3.24. The number of H-pyrrole nitrogens is 1. The second kappa shape index (κ2) is 3.80. The summed E-state index contributed by atoms with van der Waals surface area (Å²) in [4.78, 5) is 13.4. The molecule has 0 fully saturated rings. The topological polar surface area (TPSA) is 58.9 Å². The van der Waals surface area contributed by atoms with E-state index >= 15 is 0 Å². The summed E-state index contributed by atoms with van der Waals surface area (Å²) in [6, 6.07) is 4.92. The number of benzene rings is 1. The summed E-state index contributed by atoms with van der Waals surface area (Å²) in [6.07, 6.45) is 0.904. The molecule has 0 unspecified atom stereocenters. The molecule has 5 heteroatoms. The summed E-state index contributed by atoms with van der Waals surface area (Å²) in [5.41, 5.74) is 2.10. The molecule has 0 spiro atoms. The monoisotopic (exact) mass is 316 g/mol. The van der Waals surface area contributed by atoms with Gasteiger partial charge in [0.2, 0.25) is 0 Å². The van der Waals surface area contributed by atoms with E-state index in [9.17, 15) is 10.1 Å². The van der Waals surface area contributed by atoms with Crippen molar-refractivity contribution < 1.29 is 4.92 Å². The minimum atomic E-state index is -0.376. The van der Waals surface area contributed by atoms with Crippen LogP contribution in [0, 0.1) is 13.7 Å². The van der Waals surface area contributed by atoms with Gasteiger partial charge in [0.15, 0.2) is 0 Å². The fourth-order valence-electron chi connectivity index (χ4n) is 1.56. The number of non-ortho nitro benzene ring substituents is 1. The van der Waals surface area contributed by atoms with Crippen LogP contribution in [0.25, 0.3) is 10.9 Å². The zero-order chi connectivity index (χ0) is 11.0. The summed E-state index contributed by atoms with van der Waals surface area (Å²) in [6.45, 7) is 2.06. The highest BCUT2D eigenvalue weighted by Gasteiger charge is 2.11. The van der Waals surface area contributed by atoms with Crippen molar-refractivity contribution in [1.29, 1.82) is 0 Å². The predicted molar refractivity (Wildman–Crippen MR) is 67.0 cm³/mol. The maximum Gasteiger partial charge on any atom is 0.271 e. The van der Waals surface area contributed by atoms with E-state index in [0.29, 0.717) is 0 Å². The normalized spacial score (nSPS) is 10.8. The van der Waals surface area contributed by atoms with Crippen LogP contribution in [-0.4, -0.2) is 9.91 Å². The molecule has 0 aliphatic carbocycles. The largest absolute Gasteiger partial charge is 0.357 e. The van der Waals surface area contributed by atoms with E-state index in [1.165, 1.54) is 6.07 Å². The Morgan fingerprint density at radius 2 is 2.27 bits per heavy atom. The van der Waals surface area contributed by atoms with Gasteiger partial charge in [-0.2, -0.15) is 0 Å². The first-order chi connectivity index (χ1) is 7.13. The van der Waals surface area contributed by atoms with Gasteiger partial charge in [-0.05, 0) is 35.1 Å². The van der Waals surface area contributed by atoms with Crippen molar-refractivity contribution in [3.05, 3.63) is 37.6 Å². The van der Waals surface area contributed by atoms with Gasteiger partial charge in [0, 0.05) is 26.8 Å². The van der Waals surface area contributed by atoms with Gasteiger partial charge in [-0.25, -0.2) is 0 Å². The molecule has 0 bridgehead atoms. The third-order valence-electron chi connectivity index (χ3n) is 2.35. The highest BCUT2D eigenvalue weighted by atomic mass is 127. The van der Waals surface area contributed by atoms with Crippen LogP contribution in [0.3, 0.4) is 0 Å². The summed E-state index contributed by atoms with van der Waals surface area (Å²) < 4.78 is 1.15. The molecule has 1 heterocycles. The Bertz CT molecular complexity index is 533. The number of nitrogens with one attached hydrogen (secondary N) is 1. The van der Waals surface area contributed by atoms with E-state index in [4.69, 9.17) is 0 Å². The number of nitro groups is 1. The first kappa shape index (κ1) is 10.4. The molecule has 0 amide bonds. The van der Waals surface area contributed by atoms with Crippen molar-refractivity contribution in [3.63, 3.8) is 0 Å². The number of aromatic nitrogens is 1. The Labute approximate surface area is 100.0 Å². The van der Waals surface area contributed by atoms with Gasteiger partial charge in [-0.1, -0.05) is 6.92 Å². The van der Waals surface area contributed by atoms with Crippen LogP contribution < -0.4 is 0 Å². The Kier molecular flexibility index (Phi) is 2.64. The fourth-order valence-corrected chi connectivity index (χ4v) is 2.55. The van der Waals surface area contributed by atoms with Gasteiger partial charge in [-0.15, -0.1) is 0 Å². The lowest BCUT2D eigenvalue weighted by Crippen LogP contribution is -1.86. The van der Waals surface area contributed by atoms with Gasteiger partial charge >= 0.3 is 0 Å². The van der Waals surface area contributed by atoms with Gasteiger partial charge in [0.05, 0.1) is 10.4 Å². The fraction of sp³-hybridized carbons (Fsp3) is 0.200. The number of halogens is 1. The van der Waals surface area contributed by atoms with E-state index in [1.807, 2.05) is 0 Å². The number of fused-ring (bicyclic) bond motifs is 1. The summed E-state index contributed by atoms with van der Waals surface area (Å²) >= 11 is 2.26. The first-order valence-corrected chi connectivity index (χ1v) is 5.66. The third-order valence-corrected chi connectivity index (χ3v) is 3.59. The molecule has 78 valence electrons. The zero-order valence-electron chi connectivity index (χ0n) is 8.08. The molecule has 0 atom stereocenters. The average Bonchev–Trinajstić information content (AvgIpc) is 2.55. The van der Waals surface area contributed by atoms with E-state index in [0.717, 1.165) is 26.6 Å². The van der Waals surface area contributed by atoms with Crippen molar-refractivity contribution in [2.24, 2.45) is 0 Å². The SMILES string of the molecule is CCc1[nH]c2cc([N+](=O)[O-])ccc2c1I. The van der Waals surface area contributed by atoms with Gasteiger partial charge in [-0.3, -0.25) is 10.1 Å². The lowest BCUT2D eigenvalue weighted by molar-refractivity contribution is -0.384. The maximum atomic E-state index is 10.6. The molecular weight excluding hydrogens is 307 g/mol. The lowest BCUT2D eigenvalue weighted by atomic mass is 10.2. The standard InChI is InChI=1S/C10H9IN2O2/c1-2-8-10(11)7-4-3-6(13(14)15)5-9(7)12-8/h3-5,12H,2H2,1H3. The van der Waals surface area contributed by atoms with Crippen molar-refractivity contribution >= 4 is 39.2 Å². The summed E-state index contributed by atoms with van der Waals surface area (Å²) in [7, 11) is 0. The number of nitro benzene ring substituents is 1. The van der Waals surface area contributed by atoms with E-state index in [-0.39, 0.29) is 10.6 Å². The Hall–Kier alpha value is -1.11. The van der Waals surface area contributed by atoms with Crippen LogP contribution in [-0.2, 0) is 6.42 Å². The summed E-state index contributed by atoms with van der Waals surface area (Å²) in [5, 5.41) is 11.6. The van der Waals surface area contributed by atoms with E-state index in [1.54, 1.807) is 12.1 Å². The summed E-state index contributed by atoms with van der Waals surface area (Å²) in [5.74, 6) is 0. The molecule has 0 aliphatic heterocycles. The van der Waals surface area contributed by atoms with Gasteiger partial charge < -0.3 is 4.98 Å². The van der Waals surface area contributed by atoms with Crippen LogP contribution in [0.1, 0.15) is 12.6 Å². The smallest absolute Gasteiger partial charge is 0.271 e. The second-order valence-electron chi connectivity index (χ2n) is 3.26. The zero-order valence-corrected chi connectivity index (χ0v) is 10.2. The number of hydrogen-bond donors (Lipinski definition) is 1. The maximum absolute atomic E-state index is 10.6. The van der Waals surface area contributed by atoms with E-state index in [2.05, 4.69) is 34.5 Å². The molecule has 0 aliphatic rings.